The number of aliphatic hydroxyl groups is 1. The number of aromatic nitrogens is 6. The number of nitrogens with zero attached hydrogens (tertiary/aromatic N) is 11. The maximum atomic E-state index is 13.0. The van der Waals surface area contributed by atoms with Gasteiger partial charge < -0.3 is 51.7 Å². The number of benzene rings is 3. The number of carboxylic acid groups (broad SMARTS) is 2. The molecule has 3 aromatic carbocycles. The molecular formula is C58H70Cl6N14O7. The second-order valence-corrected chi connectivity index (χ2v) is 23.8. The Morgan fingerprint density at radius 2 is 1.02 bits per heavy atom. The zero-order valence-electron chi connectivity index (χ0n) is 47.4. The molecule has 2 amide bonds. The Morgan fingerprint density at radius 3 is 1.48 bits per heavy atom. The van der Waals surface area contributed by atoms with E-state index in [-0.39, 0.29) is 56.6 Å². The SMILES string of the molecule is Cn1nc(-c2cccc(Cl)c2Cl)cc1N1CCCCC1C(=O)O.Cn1nc(-c2cccc(Cl)c2Cl)cc1N1CCCCC1CO.Cn1nc(-c2cccc(Cl)c2Cl)cc1N1CCN(C(=O)CNC(=O)[C@H](N=C(N)N)C2CCCCC2)CC1C(=O)O. The molecule has 3 saturated heterocycles. The zero-order valence-corrected chi connectivity index (χ0v) is 51.9. The lowest BCUT2D eigenvalue weighted by molar-refractivity contribution is -0.142. The van der Waals surface area contributed by atoms with Gasteiger partial charge >= 0.3 is 11.9 Å². The number of aliphatic imine (C=N–C) groups is 1. The third kappa shape index (κ3) is 15.4. The van der Waals surface area contributed by atoms with Gasteiger partial charge in [-0.3, -0.25) is 23.6 Å². The average Bonchev–Trinajstić information content (AvgIpc) is 3.08. The van der Waals surface area contributed by atoms with Crippen LogP contribution in [0.3, 0.4) is 0 Å². The molecule has 456 valence electrons. The Morgan fingerprint density at radius 1 is 0.588 bits per heavy atom. The number of hydrogen-bond donors (Lipinski definition) is 6. The van der Waals surface area contributed by atoms with Gasteiger partial charge in [0, 0.05) is 82.2 Å². The normalized spacial score (nSPS) is 18.6. The van der Waals surface area contributed by atoms with Crippen molar-refractivity contribution < 1.29 is 34.5 Å². The van der Waals surface area contributed by atoms with Crippen molar-refractivity contribution in [2.45, 2.75) is 94.8 Å². The van der Waals surface area contributed by atoms with Crippen LogP contribution in [-0.4, -0.2) is 149 Å². The van der Waals surface area contributed by atoms with Crippen LogP contribution >= 0.6 is 69.6 Å². The fourth-order valence-corrected chi connectivity index (χ4v) is 12.7. The van der Waals surface area contributed by atoms with Gasteiger partial charge in [-0.25, -0.2) is 14.6 Å². The van der Waals surface area contributed by atoms with Gasteiger partial charge in [-0.15, -0.1) is 0 Å². The molecule has 6 aromatic rings. The number of halogens is 6. The van der Waals surface area contributed by atoms with Crippen molar-refractivity contribution in [2.24, 2.45) is 43.5 Å². The van der Waals surface area contributed by atoms with E-state index in [1.165, 1.54) is 4.90 Å². The first-order valence-electron chi connectivity index (χ1n) is 28.1. The van der Waals surface area contributed by atoms with Crippen LogP contribution in [0.5, 0.6) is 0 Å². The van der Waals surface area contributed by atoms with Crippen molar-refractivity contribution in [1.29, 1.82) is 0 Å². The molecule has 3 unspecified atom stereocenters. The van der Waals surface area contributed by atoms with Crippen LogP contribution in [-0.2, 0) is 40.3 Å². The number of amides is 2. The molecule has 27 heteroatoms. The zero-order chi connectivity index (χ0) is 61.2. The molecule has 3 aromatic heterocycles. The summed E-state index contributed by atoms with van der Waals surface area (Å²) in [6.45, 7) is 1.97. The van der Waals surface area contributed by atoms with E-state index >= 15 is 0 Å². The monoisotopic (exact) mass is 1280 g/mol. The Bertz CT molecular complexity index is 3380. The molecule has 8 N–H and O–H groups in total. The largest absolute Gasteiger partial charge is 0.480 e. The summed E-state index contributed by atoms with van der Waals surface area (Å²) in [7, 11) is 5.44. The van der Waals surface area contributed by atoms with Crippen LogP contribution < -0.4 is 31.5 Å². The van der Waals surface area contributed by atoms with Gasteiger partial charge in [-0.05, 0) is 75.5 Å². The Hall–Kier alpha value is -6.46. The minimum absolute atomic E-state index is 0.0106. The van der Waals surface area contributed by atoms with Gasteiger partial charge in [0.15, 0.2) is 5.96 Å². The lowest BCUT2D eigenvalue weighted by Gasteiger charge is -2.40. The van der Waals surface area contributed by atoms with Crippen LogP contribution in [0.4, 0.5) is 17.5 Å². The average molecular weight is 1290 g/mol. The van der Waals surface area contributed by atoms with Crippen LogP contribution in [0.1, 0.15) is 70.6 Å². The summed E-state index contributed by atoms with van der Waals surface area (Å²) in [6.07, 6.45) is 10.6. The number of hydrogen-bond acceptors (Lipinski definition) is 12. The fourth-order valence-electron chi connectivity index (χ4n) is 11.5. The van der Waals surface area contributed by atoms with Crippen LogP contribution in [0.15, 0.2) is 77.8 Å². The topological polar surface area (TPSA) is 272 Å². The van der Waals surface area contributed by atoms with Crippen molar-refractivity contribution in [3.05, 3.63) is 103 Å². The van der Waals surface area contributed by atoms with Crippen LogP contribution in [0.2, 0.25) is 30.1 Å². The molecular weight excluding hydrogens is 1220 g/mol. The highest BCUT2D eigenvalue weighted by Gasteiger charge is 2.38. The summed E-state index contributed by atoms with van der Waals surface area (Å²) in [6, 6.07) is 19.7. The predicted octanol–water partition coefficient (Wildman–Crippen LogP) is 9.42. The third-order valence-electron chi connectivity index (χ3n) is 15.8. The first-order valence-corrected chi connectivity index (χ1v) is 30.4. The summed E-state index contributed by atoms with van der Waals surface area (Å²) in [5.74, 6) is -0.500. The molecule has 1 saturated carbocycles. The molecule has 0 bridgehead atoms. The van der Waals surface area contributed by atoms with Gasteiger partial charge in [-0.2, -0.15) is 15.3 Å². The van der Waals surface area contributed by atoms with E-state index in [9.17, 15) is 34.5 Å². The number of nitrogens with one attached hydrogen (secondary N) is 1. The van der Waals surface area contributed by atoms with E-state index in [1.807, 2.05) is 60.1 Å². The highest BCUT2D eigenvalue weighted by molar-refractivity contribution is 6.44. The summed E-state index contributed by atoms with van der Waals surface area (Å²) in [5, 5.41) is 48.0. The molecule has 0 spiro atoms. The maximum Gasteiger partial charge on any atom is 0.328 e. The number of carbonyl (C=O) groups excluding carboxylic acids is 2. The number of anilines is 3. The summed E-state index contributed by atoms with van der Waals surface area (Å²) in [4.78, 5) is 61.2. The van der Waals surface area contributed by atoms with Crippen LogP contribution in [0.25, 0.3) is 33.8 Å². The van der Waals surface area contributed by atoms with Crippen molar-refractivity contribution in [3.63, 3.8) is 0 Å². The maximum absolute atomic E-state index is 13.0. The summed E-state index contributed by atoms with van der Waals surface area (Å²) >= 11 is 37.2. The van der Waals surface area contributed by atoms with Crippen molar-refractivity contribution in [2.75, 3.05) is 60.6 Å². The third-order valence-corrected chi connectivity index (χ3v) is 18.3. The molecule has 6 heterocycles. The smallest absolute Gasteiger partial charge is 0.328 e. The molecule has 1 aliphatic carbocycles. The van der Waals surface area contributed by atoms with E-state index in [0.29, 0.717) is 65.9 Å². The highest BCUT2D eigenvalue weighted by atomic mass is 35.5. The minimum atomic E-state index is -1.09. The minimum Gasteiger partial charge on any atom is -0.480 e. The Balaban J connectivity index is 0.000000178. The van der Waals surface area contributed by atoms with Gasteiger partial charge in [0.1, 0.15) is 35.6 Å². The Labute approximate surface area is 523 Å². The number of guanidine groups is 1. The predicted molar refractivity (Wildman–Crippen MR) is 335 cm³/mol. The van der Waals surface area contributed by atoms with Gasteiger partial charge in [0.2, 0.25) is 11.8 Å². The summed E-state index contributed by atoms with van der Waals surface area (Å²) in [5.41, 5.74) is 15.4. The number of aryl methyl sites for hydroxylation is 3. The van der Waals surface area contributed by atoms with Crippen molar-refractivity contribution >= 4 is 117 Å². The first kappa shape index (κ1) is 64.5. The first-order chi connectivity index (χ1) is 40.7. The van der Waals surface area contributed by atoms with Gasteiger partial charge in [0.05, 0.1) is 73.0 Å². The van der Waals surface area contributed by atoms with Crippen LogP contribution in [0, 0.1) is 5.92 Å². The van der Waals surface area contributed by atoms with Crippen molar-refractivity contribution in [3.8, 4) is 33.8 Å². The number of carbonyl (C=O) groups is 4. The Kier molecular flexibility index (Phi) is 22.2. The lowest BCUT2D eigenvalue weighted by Crippen LogP contribution is -2.59. The molecule has 3 aliphatic heterocycles. The van der Waals surface area contributed by atoms with E-state index < -0.39 is 36.0 Å². The quantitative estimate of drug-likeness (QED) is 0.0438. The second-order valence-electron chi connectivity index (χ2n) is 21.4. The number of rotatable bonds is 14. The van der Waals surface area contributed by atoms with Gasteiger partial charge in [-0.1, -0.05) is 125 Å². The molecule has 4 fully saturated rings. The van der Waals surface area contributed by atoms with E-state index in [0.717, 1.165) is 99.2 Å². The number of piperazine rings is 1. The molecule has 4 atom stereocenters. The molecule has 10 rings (SSSR count). The molecule has 85 heavy (non-hydrogen) atoms. The number of aliphatic carboxylic acids is 2. The fraction of sp³-hybridized carbons (Fsp3) is 0.448. The number of piperidine rings is 2. The molecule has 21 nitrogen and oxygen atoms in total. The highest BCUT2D eigenvalue weighted by Crippen LogP contribution is 2.39. The standard InChI is InChI=1S/C26H34Cl2N8O4.C16H17Cl2N3O2.C16H19Cl2N3O/c1-34-20(12-18(33-34)16-8-5-9-17(27)22(16)28)36-11-10-35(14-19(36)25(39)40)21(37)13-31-24(38)23(32-26(29)30)15-6-3-2-4-7-15;1-20-14(21-8-3-2-7-13(21)16(22)23)9-12(19-20)10-5-4-6-11(17)15(10)18;1-20-15(21-8-3-2-5-11(21)10-22)9-14(19-20)12-6-4-7-13(17)16(12)18/h5,8-9,12,15,19,23H,2-4,6-7,10-11,13-14H2,1H3,(H,31,38)(H,39,40)(H4,29,30,32);4-6,9,13H,2-3,7-8H2,1H3,(H,22,23);4,6-7,9,11,22H,2-3,5,8,10H2,1H3/t19?,23-;;/m1../s1. The van der Waals surface area contributed by atoms with E-state index in [1.54, 1.807) is 57.7 Å². The number of nitrogens with two attached hydrogens (primary N) is 2. The molecule has 4 aliphatic rings. The van der Waals surface area contributed by atoms with Gasteiger partial charge in [0.25, 0.3) is 0 Å². The van der Waals surface area contributed by atoms with E-state index in [2.05, 4.69) is 30.5 Å². The van der Waals surface area contributed by atoms with Crippen molar-refractivity contribution in [1.82, 2.24) is 39.6 Å². The second kappa shape index (κ2) is 29.3. The van der Waals surface area contributed by atoms with E-state index in [4.69, 9.17) is 81.1 Å². The summed E-state index contributed by atoms with van der Waals surface area (Å²) < 4.78 is 5.13. The number of aliphatic hydroxyl groups excluding tert-OH is 1. The molecule has 0 radical (unpaired) electrons. The number of carboxylic acids is 2. The lowest BCUT2D eigenvalue weighted by atomic mass is 9.83.